The third kappa shape index (κ3) is 4.44. The maximum absolute atomic E-state index is 12.0. The summed E-state index contributed by atoms with van der Waals surface area (Å²) in [6, 6.07) is 0. The van der Waals surface area contributed by atoms with Crippen LogP contribution >= 0.6 is 11.3 Å². The molecule has 1 aromatic rings. The average molecular weight is 255 g/mol. The molecule has 17 heavy (non-hydrogen) atoms. The fraction of sp³-hybridized carbons (Fsp3) is 0.667. The SMILES string of the molecule is Cc1nc(CN(C)C(=O)C(C)CCCN)cs1. The zero-order valence-corrected chi connectivity index (χ0v) is 11.6. The van der Waals surface area contributed by atoms with Gasteiger partial charge in [0.05, 0.1) is 17.2 Å². The van der Waals surface area contributed by atoms with Gasteiger partial charge in [-0.2, -0.15) is 0 Å². The van der Waals surface area contributed by atoms with E-state index in [9.17, 15) is 4.79 Å². The van der Waals surface area contributed by atoms with Crippen molar-refractivity contribution in [2.24, 2.45) is 11.7 Å². The Morgan fingerprint density at radius 1 is 1.65 bits per heavy atom. The topological polar surface area (TPSA) is 59.2 Å². The lowest BCUT2D eigenvalue weighted by Gasteiger charge is -2.20. The van der Waals surface area contributed by atoms with E-state index in [4.69, 9.17) is 5.73 Å². The van der Waals surface area contributed by atoms with Gasteiger partial charge in [-0.1, -0.05) is 6.92 Å². The molecule has 0 saturated carbocycles. The minimum absolute atomic E-state index is 0.0447. The number of hydrogen-bond donors (Lipinski definition) is 1. The molecule has 96 valence electrons. The Labute approximate surface area is 107 Å². The first-order chi connectivity index (χ1) is 8.04. The predicted molar refractivity (Wildman–Crippen MR) is 70.8 cm³/mol. The Morgan fingerprint density at radius 2 is 2.35 bits per heavy atom. The molecule has 1 aromatic heterocycles. The van der Waals surface area contributed by atoms with Gasteiger partial charge in [0, 0.05) is 18.3 Å². The molecule has 1 rings (SSSR count). The molecule has 0 aliphatic carbocycles. The number of thiazole rings is 1. The number of carbonyl (C=O) groups is 1. The van der Waals surface area contributed by atoms with Crippen molar-refractivity contribution in [2.45, 2.75) is 33.2 Å². The van der Waals surface area contributed by atoms with Gasteiger partial charge in [-0.15, -0.1) is 11.3 Å². The Bertz CT molecular complexity index is 364. The van der Waals surface area contributed by atoms with Crippen LogP contribution in [-0.4, -0.2) is 29.4 Å². The summed E-state index contributed by atoms with van der Waals surface area (Å²) in [6.07, 6.45) is 1.76. The van der Waals surface area contributed by atoms with Crippen LogP contribution in [0.1, 0.15) is 30.5 Å². The van der Waals surface area contributed by atoms with Gasteiger partial charge >= 0.3 is 0 Å². The van der Waals surface area contributed by atoms with Crippen molar-refractivity contribution in [1.29, 1.82) is 0 Å². The molecule has 0 spiro atoms. The summed E-state index contributed by atoms with van der Waals surface area (Å²) in [5.74, 6) is 0.215. The summed E-state index contributed by atoms with van der Waals surface area (Å²) in [4.78, 5) is 18.1. The summed E-state index contributed by atoms with van der Waals surface area (Å²) in [5, 5.41) is 3.04. The molecule has 0 aliphatic heterocycles. The van der Waals surface area contributed by atoms with E-state index in [1.807, 2.05) is 26.3 Å². The lowest BCUT2D eigenvalue weighted by molar-refractivity contribution is -0.134. The van der Waals surface area contributed by atoms with E-state index in [0.717, 1.165) is 23.5 Å². The molecule has 0 radical (unpaired) electrons. The fourth-order valence-electron chi connectivity index (χ4n) is 1.73. The van der Waals surface area contributed by atoms with Crippen LogP contribution in [0.2, 0.25) is 0 Å². The van der Waals surface area contributed by atoms with E-state index in [-0.39, 0.29) is 11.8 Å². The summed E-state index contributed by atoms with van der Waals surface area (Å²) in [5.41, 5.74) is 6.41. The van der Waals surface area contributed by atoms with Crippen molar-refractivity contribution < 1.29 is 4.79 Å². The second kappa shape index (κ2) is 6.71. The molecular weight excluding hydrogens is 234 g/mol. The van der Waals surface area contributed by atoms with Crippen LogP contribution in [0.25, 0.3) is 0 Å². The largest absolute Gasteiger partial charge is 0.340 e. The van der Waals surface area contributed by atoms with E-state index in [2.05, 4.69) is 4.98 Å². The maximum Gasteiger partial charge on any atom is 0.225 e. The number of nitrogens with zero attached hydrogens (tertiary/aromatic N) is 2. The van der Waals surface area contributed by atoms with Crippen LogP contribution < -0.4 is 5.73 Å². The molecular formula is C12H21N3OS. The molecule has 1 amide bonds. The molecule has 4 nitrogen and oxygen atoms in total. The van der Waals surface area contributed by atoms with Gasteiger partial charge in [0.25, 0.3) is 0 Å². The second-order valence-corrected chi connectivity index (χ2v) is 5.45. The minimum atomic E-state index is 0.0447. The lowest BCUT2D eigenvalue weighted by Crippen LogP contribution is -2.31. The minimum Gasteiger partial charge on any atom is -0.340 e. The predicted octanol–water partition coefficient (Wildman–Crippen LogP) is 1.78. The van der Waals surface area contributed by atoms with E-state index >= 15 is 0 Å². The fourth-order valence-corrected chi connectivity index (χ4v) is 2.33. The van der Waals surface area contributed by atoms with Crippen LogP contribution in [-0.2, 0) is 11.3 Å². The Balaban J connectivity index is 2.46. The third-order valence-electron chi connectivity index (χ3n) is 2.70. The highest BCUT2D eigenvalue weighted by Crippen LogP contribution is 2.13. The summed E-state index contributed by atoms with van der Waals surface area (Å²) in [7, 11) is 1.83. The molecule has 1 unspecified atom stereocenters. The van der Waals surface area contributed by atoms with Gasteiger partial charge in [0.2, 0.25) is 5.91 Å². The first-order valence-corrected chi connectivity index (χ1v) is 6.78. The van der Waals surface area contributed by atoms with Crippen molar-refractivity contribution >= 4 is 17.2 Å². The number of nitrogens with two attached hydrogens (primary N) is 1. The Hall–Kier alpha value is -0.940. The van der Waals surface area contributed by atoms with Crippen molar-refractivity contribution in [3.8, 4) is 0 Å². The highest BCUT2D eigenvalue weighted by Gasteiger charge is 2.17. The second-order valence-electron chi connectivity index (χ2n) is 4.38. The Kier molecular flexibility index (Phi) is 5.58. The highest BCUT2D eigenvalue weighted by molar-refractivity contribution is 7.09. The normalized spacial score (nSPS) is 12.5. The number of rotatable bonds is 6. The smallest absolute Gasteiger partial charge is 0.225 e. The number of aromatic nitrogens is 1. The zero-order valence-electron chi connectivity index (χ0n) is 10.8. The van der Waals surface area contributed by atoms with Crippen molar-refractivity contribution in [3.05, 3.63) is 16.1 Å². The molecule has 0 bridgehead atoms. The summed E-state index contributed by atoms with van der Waals surface area (Å²) in [6.45, 7) is 5.17. The van der Waals surface area contributed by atoms with Crippen LogP contribution in [0, 0.1) is 12.8 Å². The van der Waals surface area contributed by atoms with Crippen LogP contribution in [0.3, 0.4) is 0 Å². The third-order valence-corrected chi connectivity index (χ3v) is 3.53. The Morgan fingerprint density at radius 3 is 2.88 bits per heavy atom. The van der Waals surface area contributed by atoms with E-state index in [1.54, 1.807) is 16.2 Å². The molecule has 0 aliphatic rings. The van der Waals surface area contributed by atoms with Crippen molar-refractivity contribution in [1.82, 2.24) is 9.88 Å². The number of aryl methyl sites for hydroxylation is 1. The van der Waals surface area contributed by atoms with Gasteiger partial charge in [0.15, 0.2) is 0 Å². The van der Waals surface area contributed by atoms with Crippen LogP contribution in [0.5, 0.6) is 0 Å². The molecule has 5 heteroatoms. The first kappa shape index (κ1) is 14.1. The van der Waals surface area contributed by atoms with Gasteiger partial charge in [0.1, 0.15) is 0 Å². The van der Waals surface area contributed by atoms with Crippen LogP contribution in [0.15, 0.2) is 5.38 Å². The van der Waals surface area contributed by atoms with Gasteiger partial charge in [-0.05, 0) is 26.3 Å². The number of carbonyl (C=O) groups excluding carboxylic acids is 1. The van der Waals surface area contributed by atoms with E-state index in [1.165, 1.54) is 0 Å². The number of amides is 1. The number of hydrogen-bond acceptors (Lipinski definition) is 4. The monoisotopic (exact) mass is 255 g/mol. The van der Waals surface area contributed by atoms with Gasteiger partial charge < -0.3 is 10.6 Å². The van der Waals surface area contributed by atoms with Crippen molar-refractivity contribution in [2.75, 3.05) is 13.6 Å². The van der Waals surface area contributed by atoms with E-state index < -0.39 is 0 Å². The standard InChI is InChI=1S/C12H21N3OS/c1-9(5-4-6-13)12(16)15(3)7-11-8-17-10(2)14-11/h8-9H,4-7,13H2,1-3H3. The average Bonchev–Trinajstić information content (AvgIpc) is 2.70. The quantitative estimate of drug-likeness (QED) is 0.843. The maximum atomic E-state index is 12.0. The summed E-state index contributed by atoms with van der Waals surface area (Å²) >= 11 is 1.61. The molecule has 1 atom stereocenters. The van der Waals surface area contributed by atoms with E-state index in [0.29, 0.717) is 13.1 Å². The molecule has 2 N–H and O–H groups in total. The molecule has 0 fully saturated rings. The first-order valence-electron chi connectivity index (χ1n) is 5.90. The molecule has 1 heterocycles. The summed E-state index contributed by atoms with van der Waals surface area (Å²) < 4.78 is 0. The van der Waals surface area contributed by atoms with Gasteiger partial charge in [-0.3, -0.25) is 4.79 Å². The van der Waals surface area contributed by atoms with Crippen LogP contribution in [0.4, 0.5) is 0 Å². The van der Waals surface area contributed by atoms with Crippen molar-refractivity contribution in [3.63, 3.8) is 0 Å². The molecule has 0 saturated heterocycles. The lowest BCUT2D eigenvalue weighted by atomic mass is 10.0. The molecule has 0 aromatic carbocycles. The zero-order chi connectivity index (χ0) is 12.8. The highest BCUT2D eigenvalue weighted by atomic mass is 32.1. The van der Waals surface area contributed by atoms with Gasteiger partial charge in [-0.25, -0.2) is 4.98 Å².